The Balaban J connectivity index is 2.16. The molecule has 192 valence electrons. The minimum absolute atomic E-state index is 0.130. The predicted molar refractivity (Wildman–Crippen MR) is 138 cm³/mol. The lowest BCUT2D eigenvalue weighted by molar-refractivity contribution is -0.163. The van der Waals surface area contributed by atoms with Crippen molar-refractivity contribution >= 4 is 39.1 Å². The number of ether oxygens (including phenoxy) is 2. The van der Waals surface area contributed by atoms with Crippen LogP contribution in [0.4, 0.5) is 11.4 Å². The molecule has 1 aliphatic heterocycles. The molecule has 1 unspecified atom stereocenters. The number of fused-ring (bicyclic) bond motifs is 1. The molecule has 0 aliphatic carbocycles. The zero-order valence-electron chi connectivity index (χ0n) is 20.9. The van der Waals surface area contributed by atoms with Gasteiger partial charge in [0.1, 0.15) is 17.3 Å². The molecule has 8 nitrogen and oxygen atoms in total. The van der Waals surface area contributed by atoms with E-state index in [1.165, 1.54) is 36.2 Å². The van der Waals surface area contributed by atoms with Crippen molar-refractivity contribution in [3.63, 3.8) is 0 Å². The molecule has 2 atom stereocenters. The van der Waals surface area contributed by atoms with Crippen molar-refractivity contribution < 1.29 is 27.8 Å². The van der Waals surface area contributed by atoms with E-state index in [0.29, 0.717) is 22.9 Å². The standard InChI is InChI=1S/C25H34N2O6S2/c1-6-7-11-19-16-27(18-12-9-8-10-13-18)20-14-22(34-5)21(15-23(20)35(30,31)26(19)3)33-17-25(2,32-4)24(28)29/h8-10,12-15,19H,6-7,11,16-17H2,1-5H3,(H,28,29)/t19?,25-/m1/s1. The zero-order chi connectivity index (χ0) is 25.8. The second kappa shape index (κ2) is 11.2. The maximum absolute atomic E-state index is 13.8. The second-order valence-corrected chi connectivity index (χ2v) is 11.6. The molecule has 2 aromatic rings. The molecule has 10 heteroatoms. The summed E-state index contributed by atoms with van der Waals surface area (Å²) in [5.41, 5.74) is -0.0924. The number of nitrogens with zero attached hydrogens (tertiary/aromatic N) is 2. The van der Waals surface area contributed by atoms with Gasteiger partial charge in [-0.15, -0.1) is 11.8 Å². The molecule has 2 aromatic carbocycles. The number of carboxylic acid groups (broad SMARTS) is 1. The van der Waals surface area contributed by atoms with E-state index >= 15 is 0 Å². The van der Waals surface area contributed by atoms with Crippen LogP contribution in [-0.2, 0) is 19.6 Å². The molecule has 1 N–H and O–H groups in total. The molecule has 0 radical (unpaired) electrons. The number of likely N-dealkylation sites (N-methyl/N-ethyl adjacent to an activating group) is 1. The van der Waals surface area contributed by atoms with E-state index in [9.17, 15) is 18.3 Å². The summed E-state index contributed by atoms with van der Waals surface area (Å²) in [6, 6.07) is 12.9. The first-order valence-corrected chi connectivity index (χ1v) is 14.2. The van der Waals surface area contributed by atoms with E-state index in [0.717, 1.165) is 24.9 Å². The molecule has 0 fully saturated rings. The van der Waals surface area contributed by atoms with Crippen LogP contribution in [0, 0.1) is 0 Å². The van der Waals surface area contributed by atoms with Gasteiger partial charge in [-0.3, -0.25) is 0 Å². The third-order valence-corrected chi connectivity index (χ3v) is 9.16. The van der Waals surface area contributed by atoms with Gasteiger partial charge >= 0.3 is 5.97 Å². The van der Waals surface area contributed by atoms with Crippen molar-refractivity contribution in [3.05, 3.63) is 42.5 Å². The number of aliphatic carboxylic acids is 1. The number of sulfonamides is 1. The first-order chi connectivity index (χ1) is 16.6. The van der Waals surface area contributed by atoms with Crippen LogP contribution in [0.2, 0.25) is 0 Å². The van der Waals surface area contributed by atoms with Gasteiger partial charge in [-0.05, 0) is 37.8 Å². The van der Waals surface area contributed by atoms with Gasteiger partial charge in [-0.1, -0.05) is 38.0 Å². The van der Waals surface area contributed by atoms with Crippen molar-refractivity contribution in [2.24, 2.45) is 0 Å². The number of anilines is 2. The van der Waals surface area contributed by atoms with E-state index in [2.05, 4.69) is 11.8 Å². The Morgan fingerprint density at radius 2 is 1.94 bits per heavy atom. The maximum atomic E-state index is 13.8. The van der Waals surface area contributed by atoms with Crippen molar-refractivity contribution in [2.75, 3.05) is 38.5 Å². The van der Waals surface area contributed by atoms with Gasteiger partial charge in [0.05, 0.1) is 10.6 Å². The molecule has 0 spiro atoms. The van der Waals surface area contributed by atoms with Gasteiger partial charge in [0, 0.05) is 38.5 Å². The van der Waals surface area contributed by atoms with Crippen LogP contribution < -0.4 is 9.64 Å². The Labute approximate surface area is 212 Å². The average molecular weight is 523 g/mol. The normalized spacial score (nSPS) is 19.5. The highest BCUT2D eigenvalue weighted by atomic mass is 32.2. The topological polar surface area (TPSA) is 96.4 Å². The van der Waals surface area contributed by atoms with E-state index < -0.39 is 21.6 Å². The van der Waals surface area contributed by atoms with Crippen LogP contribution in [-0.4, -0.2) is 69.0 Å². The summed E-state index contributed by atoms with van der Waals surface area (Å²) < 4.78 is 40.1. The zero-order valence-corrected chi connectivity index (χ0v) is 22.5. The number of hydrogen-bond donors (Lipinski definition) is 1. The molecular weight excluding hydrogens is 488 g/mol. The minimum Gasteiger partial charge on any atom is -0.489 e. The smallest absolute Gasteiger partial charge is 0.339 e. The molecule has 35 heavy (non-hydrogen) atoms. The number of methoxy groups -OCH3 is 1. The van der Waals surface area contributed by atoms with E-state index in [1.807, 2.05) is 42.7 Å². The third kappa shape index (κ3) is 5.61. The largest absolute Gasteiger partial charge is 0.489 e. The van der Waals surface area contributed by atoms with Crippen molar-refractivity contribution in [1.82, 2.24) is 4.31 Å². The van der Waals surface area contributed by atoms with E-state index in [1.54, 1.807) is 7.05 Å². The Bertz CT molecular complexity index is 1140. The molecule has 0 saturated carbocycles. The number of unbranched alkanes of at least 4 members (excludes halogenated alkanes) is 1. The van der Waals surface area contributed by atoms with E-state index in [4.69, 9.17) is 9.47 Å². The molecule has 1 aliphatic rings. The fourth-order valence-corrected chi connectivity index (χ4v) is 6.10. The lowest BCUT2D eigenvalue weighted by Crippen LogP contribution is -2.43. The Morgan fingerprint density at radius 1 is 1.26 bits per heavy atom. The Kier molecular flexibility index (Phi) is 8.74. The van der Waals surface area contributed by atoms with Gasteiger partial charge in [-0.25, -0.2) is 13.2 Å². The van der Waals surface area contributed by atoms with Crippen LogP contribution >= 0.6 is 11.8 Å². The summed E-state index contributed by atoms with van der Waals surface area (Å²) >= 11 is 1.41. The molecule has 0 amide bonds. The lowest BCUT2D eigenvalue weighted by Gasteiger charge is -2.29. The second-order valence-electron chi connectivity index (χ2n) is 8.76. The van der Waals surface area contributed by atoms with Crippen LogP contribution in [0.1, 0.15) is 33.1 Å². The highest BCUT2D eigenvalue weighted by Crippen LogP contribution is 2.43. The van der Waals surface area contributed by atoms with Crippen molar-refractivity contribution in [3.8, 4) is 5.75 Å². The number of para-hydroxylation sites is 1. The van der Waals surface area contributed by atoms with Gasteiger partial charge in [0.25, 0.3) is 0 Å². The first-order valence-electron chi connectivity index (χ1n) is 11.5. The summed E-state index contributed by atoms with van der Waals surface area (Å²) in [5.74, 6) is -0.861. The third-order valence-electron chi connectivity index (χ3n) is 6.47. The van der Waals surface area contributed by atoms with Crippen LogP contribution in [0.5, 0.6) is 5.75 Å². The maximum Gasteiger partial charge on any atom is 0.339 e. The highest BCUT2D eigenvalue weighted by molar-refractivity contribution is 7.98. The Morgan fingerprint density at radius 3 is 2.51 bits per heavy atom. The number of thioether (sulfide) groups is 1. The number of carbonyl (C=O) groups is 1. The molecule has 0 bridgehead atoms. The summed E-state index contributed by atoms with van der Waals surface area (Å²) in [6.45, 7) is 3.75. The number of carboxylic acids is 1. The number of hydrogen-bond acceptors (Lipinski definition) is 7. The van der Waals surface area contributed by atoms with Gasteiger partial charge in [-0.2, -0.15) is 4.31 Å². The quantitative estimate of drug-likeness (QED) is 0.452. The lowest BCUT2D eigenvalue weighted by atomic mass is 10.1. The molecule has 1 heterocycles. The van der Waals surface area contributed by atoms with Crippen molar-refractivity contribution in [1.29, 1.82) is 0 Å². The Hall–Kier alpha value is -2.27. The van der Waals surface area contributed by atoms with Crippen LogP contribution in [0.3, 0.4) is 0 Å². The number of benzene rings is 2. The summed E-state index contributed by atoms with van der Waals surface area (Å²) in [6.07, 6.45) is 4.50. The van der Waals surface area contributed by atoms with Gasteiger partial charge in [0.15, 0.2) is 5.60 Å². The van der Waals surface area contributed by atoms with Crippen LogP contribution in [0.25, 0.3) is 0 Å². The molecule has 0 saturated heterocycles. The van der Waals surface area contributed by atoms with Crippen molar-refractivity contribution in [2.45, 2.75) is 54.5 Å². The summed E-state index contributed by atoms with van der Waals surface area (Å²) in [5, 5.41) is 9.53. The first kappa shape index (κ1) is 27.3. The van der Waals surface area contributed by atoms with Crippen LogP contribution in [0.15, 0.2) is 52.3 Å². The fourth-order valence-electron chi connectivity index (χ4n) is 3.98. The molecule has 0 aromatic heterocycles. The SMILES string of the molecule is CCCCC1CN(c2ccccc2)c2cc(SC)c(OC[C@@](C)(OC)C(=O)O)cc2S(=O)(=O)N1C. The average Bonchev–Trinajstić information content (AvgIpc) is 2.94. The van der Waals surface area contributed by atoms with Gasteiger partial charge in [0.2, 0.25) is 10.0 Å². The molecular formula is C25H34N2O6S2. The highest BCUT2D eigenvalue weighted by Gasteiger charge is 2.38. The predicted octanol–water partition coefficient (Wildman–Crippen LogP) is 4.61. The fraction of sp³-hybridized carbons (Fsp3) is 0.480. The number of rotatable bonds is 10. The monoisotopic (exact) mass is 522 g/mol. The van der Waals surface area contributed by atoms with Gasteiger partial charge < -0.3 is 19.5 Å². The molecule has 3 rings (SSSR count). The summed E-state index contributed by atoms with van der Waals surface area (Å²) in [7, 11) is -0.915. The van der Waals surface area contributed by atoms with E-state index in [-0.39, 0.29) is 17.5 Å². The minimum atomic E-state index is -3.85. The summed E-state index contributed by atoms with van der Waals surface area (Å²) in [4.78, 5) is 14.5.